The molecule has 3 aromatic carbocycles. The summed E-state index contributed by atoms with van der Waals surface area (Å²) in [7, 11) is 1.68. The number of primary amides is 1. The van der Waals surface area contributed by atoms with E-state index in [1.807, 2.05) is 24.3 Å². The molecule has 4 nitrogen and oxygen atoms in total. The summed E-state index contributed by atoms with van der Waals surface area (Å²) in [6, 6.07) is 20.5. The number of nitrogens with zero attached hydrogens (tertiary/aromatic N) is 1. The van der Waals surface area contributed by atoms with E-state index < -0.39 is 5.91 Å². The van der Waals surface area contributed by atoms with Crippen LogP contribution in [0.15, 0.2) is 60.7 Å². The maximum atomic E-state index is 12.1. The molecule has 0 saturated heterocycles. The first-order valence-electron chi connectivity index (χ1n) is 10.6. The highest BCUT2D eigenvalue weighted by atomic mass is 16.5. The molecule has 2 N–H and O–H groups in total. The summed E-state index contributed by atoms with van der Waals surface area (Å²) in [5, 5.41) is 2.00. The maximum absolute atomic E-state index is 12.1. The third-order valence-electron chi connectivity index (χ3n) is 5.76. The second-order valence-corrected chi connectivity index (χ2v) is 7.81. The normalized spacial score (nSPS) is 11.3. The van der Waals surface area contributed by atoms with Gasteiger partial charge in [0, 0.05) is 28.4 Å². The van der Waals surface area contributed by atoms with Crippen molar-refractivity contribution in [2.24, 2.45) is 5.73 Å². The van der Waals surface area contributed by atoms with Gasteiger partial charge in [-0.15, -0.1) is 0 Å². The van der Waals surface area contributed by atoms with Crippen molar-refractivity contribution in [3.8, 4) is 5.75 Å². The summed E-state index contributed by atoms with van der Waals surface area (Å²) in [5.41, 5.74) is 10.9. The van der Waals surface area contributed by atoms with Crippen LogP contribution in [0.5, 0.6) is 5.75 Å². The van der Waals surface area contributed by atoms with Crippen LogP contribution in [-0.4, -0.2) is 17.6 Å². The number of nitrogens with two attached hydrogens (primary N) is 1. The third-order valence-corrected chi connectivity index (χ3v) is 5.76. The minimum Gasteiger partial charge on any atom is -0.497 e. The number of ether oxygens (including phenoxy) is 1. The number of aromatic nitrogens is 1. The Morgan fingerprint density at radius 1 is 0.967 bits per heavy atom. The summed E-state index contributed by atoms with van der Waals surface area (Å²) in [6.45, 7) is 2.92. The molecule has 4 aromatic rings. The second kappa shape index (κ2) is 8.62. The van der Waals surface area contributed by atoms with Crippen LogP contribution in [0.2, 0.25) is 0 Å². The van der Waals surface area contributed by atoms with Crippen LogP contribution in [-0.2, 0) is 13.0 Å². The smallest absolute Gasteiger partial charge is 0.249 e. The summed E-state index contributed by atoms with van der Waals surface area (Å²) in [4.78, 5) is 12.1. The zero-order valence-corrected chi connectivity index (χ0v) is 17.7. The van der Waals surface area contributed by atoms with Gasteiger partial charge in [0.15, 0.2) is 0 Å². The number of hydrogen-bond acceptors (Lipinski definition) is 2. The summed E-state index contributed by atoms with van der Waals surface area (Å²) >= 11 is 0. The first kappa shape index (κ1) is 20.0. The van der Waals surface area contributed by atoms with E-state index in [1.54, 1.807) is 7.11 Å². The van der Waals surface area contributed by atoms with E-state index in [0.29, 0.717) is 12.1 Å². The molecule has 1 amide bonds. The number of methoxy groups -OCH3 is 1. The van der Waals surface area contributed by atoms with E-state index in [1.165, 1.54) is 24.8 Å². The topological polar surface area (TPSA) is 57.2 Å². The van der Waals surface area contributed by atoms with Crippen molar-refractivity contribution in [3.05, 3.63) is 77.4 Å². The third kappa shape index (κ3) is 3.78. The molecule has 154 valence electrons. The van der Waals surface area contributed by atoms with Gasteiger partial charge < -0.3 is 15.0 Å². The number of aryl methyl sites for hydroxylation is 1. The molecular weight excluding hydrogens is 372 g/mol. The molecule has 1 heterocycles. The SMILES string of the molecule is CCCCCc1ccc2c3c(C(N)=O)cccc3n(Cc3cccc(OC)c3)c2c1. The minimum atomic E-state index is -0.395. The Bertz CT molecular complexity index is 1210. The quantitative estimate of drug-likeness (QED) is 0.387. The Balaban J connectivity index is 1.90. The summed E-state index contributed by atoms with van der Waals surface area (Å²) in [5.74, 6) is 0.444. The highest BCUT2D eigenvalue weighted by Gasteiger charge is 2.17. The number of carbonyl (C=O) groups is 1. The Hall–Kier alpha value is -3.27. The van der Waals surface area contributed by atoms with Gasteiger partial charge in [-0.1, -0.05) is 50.1 Å². The first-order chi connectivity index (χ1) is 14.6. The lowest BCUT2D eigenvalue weighted by molar-refractivity contribution is 0.100. The zero-order valence-electron chi connectivity index (χ0n) is 17.7. The average molecular weight is 401 g/mol. The fourth-order valence-electron chi connectivity index (χ4n) is 4.25. The maximum Gasteiger partial charge on any atom is 0.249 e. The van der Waals surface area contributed by atoms with Crippen molar-refractivity contribution in [2.75, 3.05) is 7.11 Å². The molecule has 0 aliphatic rings. The van der Waals surface area contributed by atoms with Gasteiger partial charge in [-0.2, -0.15) is 0 Å². The first-order valence-corrected chi connectivity index (χ1v) is 10.6. The van der Waals surface area contributed by atoms with Gasteiger partial charge in [-0.25, -0.2) is 0 Å². The van der Waals surface area contributed by atoms with Crippen LogP contribution in [0.25, 0.3) is 21.8 Å². The number of hydrogen-bond donors (Lipinski definition) is 1. The Morgan fingerprint density at radius 3 is 2.57 bits per heavy atom. The molecular formula is C26H28N2O2. The number of carbonyl (C=O) groups excluding carboxylic acids is 1. The lowest BCUT2D eigenvalue weighted by atomic mass is 10.0. The zero-order chi connectivity index (χ0) is 21.1. The molecule has 0 atom stereocenters. The van der Waals surface area contributed by atoms with E-state index in [2.05, 4.69) is 47.9 Å². The molecule has 4 heteroatoms. The minimum absolute atomic E-state index is 0.395. The molecule has 0 radical (unpaired) electrons. The second-order valence-electron chi connectivity index (χ2n) is 7.81. The highest BCUT2D eigenvalue weighted by molar-refractivity contribution is 6.18. The predicted molar refractivity (Wildman–Crippen MR) is 123 cm³/mol. The highest BCUT2D eigenvalue weighted by Crippen LogP contribution is 2.33. The molecule has 30 heavy (non-hydrogen) atoms. The van der Waals surface area contributed by atoms with Gasteiger partial charge in [-0.05, 0) is 54.3 Å². The van der Waals surface area contributed by atoms with E-state index in [0.717, 1.165) is 39.5 Å². The van der Waals surface area contributed by atoms with E-state index in [9.17, 15) is 4.79 Å². The van der Waals surface area contributed by atoms with Gasteiger partial charge in [0.05, 0.1) is 12.6 Å². The van der Waals surface area contributed by atoms with Gasteiger partial charge >= 0.3 is 0 Å². The summed E-state index contributed by atoms with van der Waals surface area (Å²) in [6.07, 6.45) is 4.69. The van der Waals surface area contributed by atoms with Gasteiger partial charge in [0.2, 0.25) is 5.91 Å². The molecule has 4 rings (SSSR count). The Kier molecular flexibility index (Phi) is 5.75. The van der Waals surface area contributed by atoms with Crippen LogP contribution in [0.4, 0.5) is 0 Å². The number of rotatable bonds is 8. The van der Waals surface area contributed by atoms with Crippen LogP contribution in [0, 0.1) is 0 Å². The van der Waals surface area contributed by atoms with Crippen LogP contribution in [0.3, 0.4) is 0 Å². The molecule has 0 aliphatic heterocycles. The van der Waals surface area contributed by atoms with Crippen molar-refractivity contribution >= 4 is 27.7 Å². The van der Waals surface area contributed by atoms with Crippen molar-refractivity contribution in [2.45, 2.75) is 39.2 Å². The monoisotopic (exact) mass is 400 g/mol. The van der Waals surface area contributed by atoms with Crippen LogP contribution in [0.1, 0.15) is 47.7 Å². The number of fused-ring (bicyclic) bond motifs is 3. The Labute approximate surface area is 177 Å². The van der Waals surface area contributed by atoms with Crippen molar-refractivity contribution in [3.63, 3.8) is 0 Å². The number of unbranched alkanes of at least 4 members (excludes halogenated alkanes) is 2. The van der Waals surface area contributed by atoms with E-state index in [-0.39, 0.29) is 0 Å². The lowest BCUT2D eigenvalue weighted by Gasteiger charge is -2.10. The van der Waals surface area contributed by atoms with Crippen molar-refractivity contribution < 1.29 is 9.53 Å². The van der Waals surface area contributed by atoms with Gasteiger partial charge in [0.1, 0.15) is 5.75 Å². The fraction of sp³-hybridized carbons (Fsp3) is 0.269. The van der Waals surface area contributed by atoms with Crippen LogP contribution < -0.4 is 10.5 Å². The number of amides is 1. The average Bonchev–Trinajstić information content (AvgIpc) is 3.07. The molecule has 0 aliphatic carbocycles. The van der Waals surface area contributed by atoms with E-state index >= 15 is 0 Å². The molecule has 0 unspecified atom stereocenters. The molecule has 0 bridgehead atoms. The van der Waals surface area contributed by atoms with Crippen molar-refractivity contribution in [1.29, 1.82) is 0 Å². The van der Waals surface area contributed by atoms with Crippen molar-refractivity contribution in [1.82, 2.24) is 4.57 Å². The van der Waals surface area contributed by atoms with Crippen LogP contribution >= 0.6 is 0 Å². The summed E-state index contributed by atoms with van der Waals surface area (Å²) < 4.78 is 7.69. The lowest BCUT2D eigenvalue weighted by Crippen LogP contribution is -2.11. The molecule has 0 spiro atoms. The number of benzene rings is 3. The van der Waals surface area contributed by atoms with Gasteiger partial charge in [0.25, 0.3) is 0 Å². The van der Waals surface area contributed by atoms with E-state index in [4.69, 9.17) is 10.5 Å². The molecule has 1 aromatic heterocycles. The molecule has 0 saturated carbocycles. The fourth-order valence-corrected chi connectivity index (χ4v) is 4.25. The Morgan fingerprint density at radius 2 is 1.80 bits per heavy atom. The standard InChI is InChI=1S/C26H28N2O2/c1-3-4-5-8-18-13-14-21-24(16-18)28(17-19-9-6-10-20(15-19)30-2)23-12-7-11-22(25(21)23)26(27)29/h6-7,9-16H,3-5,8,17H2,1-2H3,(H2,27,29). The van der Waals surface area contributed by atoms with Gasteiger partial charge in [-0.3, -0.25) is 4.79 Å². The largest absolute Gasteiger partial charge is 0.497 e. The molecule has 0 fully saturated rings. The predicted octanol–water partition coefficient (Wildman–Crippen LogP) is 5.68.